The summed E-state index contributed by atoms with van der Waals surface area (Å²) < 4.78 is 0.845. The van der Waals surface area contributed by atoms with Gasteiger partial charge >= 0.3 is 0 Å². The molecule has 0 atom stereocenters. The molecule has 2 N–H and O–H groups in total. The average Bonchev–Trinajstić information content (AvgIpc) is 2.27. The number of nitrogens with one attached hydrogen (secondary N) is 2. The molecule has 2 aromatic rings. The van der Waals surface area contributed by atoms with E-state index in [2.05, 4.69) is 31.2 Å². The maximum atomic E-state index is 12.1. The molecular formula is C13H12BrN3O2. The van der Waals surface area contributed by atoms with E-state index in [1.807, 2.05) is 6.07 Å². The SMILES string of the molecule is Cc1nc(C)c(C(=O)Nc2cccc(Br)c2)c(=O)[nH]1. The van der Waals surface area contributed by atoms with Gasteiger partial charge in [0.05, 0.1) is 5.69 Å². The molecule has 0 radical (unpaired) electrons. The molecule has 0 unspecified atom stereocenters. The largest absolute Gasteiger partial charge is 0.322 e. The third-order valence-electron chi connectivity index (χ3n) is 2.53. The van der Waals surface area contributed by atoms with Crippen molar-refractivity contribution in [1.82, 2.24) is 9.97 Å². The lowest BCUT2D eigenvalue weighted by Crippen LogP contribution is -2.26. The molecule has 5 nitrogen and oxygen atoms in total. The Labute approximate surface area is 118 Å². The van der Waals surface area contributed by atoms with Gasteiger partial charge in [0.2, 0.25) is 0 Å². The van der Waals surface area contributed by atoms with Crippen LogP contribution in [0.2, 0.25) is 0 Å². The number of halogens is 1. The van der Waals surface area contributed by atoms with Gasteiger partial charge in [-0.15, -0.1) is 0 Å². The Bertz CT molecular complexity index is 695. The molecule has 0 spiro atoms. The lowest BCUT2D eigenvalue weighted by atomic mass is 10.2. The van der Waals surface area contributed by atoms with E-state index in [-0.39, 0.29) is 5.56 Å². The molecule has 0 aliphatic carbocycles. The third kappa shape index (κ3) is 3.08. The van der Waals surface area contributed by atoms with Crippen molar-refractivity contribution in [2.24, 2.45) is 0 Å². The minimum absolute atomic E-state index is 0.0329. The van der Waals surface area contributed by atoms with Gasteiger partial charge in [0.15, 0.2) is 0 Å². The molecule has 0 fully saturated rings. The van der Waals surface area contributed by atoms with Crippen LogP contribution >= 0.6 is 15.9 Å². The smallest absolute Gasteiger partial charge is 0.264 e. The summed E-state index contributed by atoms with van der Waals surface area (Å²) in [6.45, 7) is 3.31. The van der Waals surface area contributed by atoms with Gasteiger partial charge in [0.1, 0.15) is 11.4 Å². The number of H-pyrrole nitrogens is 1. The topological polar surface area (TPSA) is 74.8 Å². The monoisotopic (exact) mass is 321 g/mol. The second kappa shape index (κ2) is 5.36. The summed E-state index contributed by atoms with van der Waals surface area (Å²) in [7, 11) is 0. The van der Waals surface area contributed by atoms with E-state index in [1.165, 1.54) is 0 Å². The van der Waals surface area contributed by atoms with E-state index in [9.17, 15) is 9.59 Å². The first-order valence-corrected chi connectivity index (χ1v) is 6.41. The number of rotatable bonds is 2. The molecule has 0 saturated carbocycles. The van der Waals surface area contributed by atoms with Crippen LogP contribution in [0.3, 0.4) is 0 Å². The molecule has 0 aliphatic rings. The van der Waals surface area contributed by atoms with Crippen LogP contribution in [0, 0.1) is 13.8 Å². The second-order valence-corrected chi connectivity index (χ2v) is 4.99. The van der Waals surface area contributed by atoms with Crippen molar-refractivity contribution in [2.75, 3.05) is 5.32 Å². The number of carbonyl (C=O) groups excluding carboxylic acids is 1. The fraction of sp³-hybridized carbons (Fsp3) is 0.154. The predicted molar refractivity (Wildman–Crippen MR) is 76.4 cm³/mol. The van der Waals surface area contributed by atoms with Crippen LogP contribution in [0.4, 0.5) is 5.69 Å². The van der Waals surface area contributed by atoms with E-state index in [1.54, 1.807) is 32.0 Å². The average molecular weight is 322 g/mol. The number of hydrogen-bond acceptors (Lipinski definition) is 3. The number of aryl methyl sites for hydroxylation is 2. The Kier molecular flexibility index (Phi) is 3.80. The van der Waals surface area contributed by atoms with Gasteiger partial charge in [-0.3, -0.25) is 9.59 Å². The highest BCUT2D eigenvalue weighted by atomic mass is 79.9. The van der Waals surface area contributed by atoms with Gasteiger partial charge < -0.3 is 10.3 Å². The standard InChI is InChI=1S/C13H12BrN3O2/c1-7-11(12(18)16-8(2)15-7)13(19)17-10-5-3-4-9(14)6-10/h3-6H,1-2H3,(H,17,19)(H,15,16,18). The maximum absolute atomic E-state index is 12.1. The van der Waals surface area contributed by atoms with Crippen molar-refractivity contribution in [3.8, 4) is 0 Å². The van der Waals surface area contributed by atoms with Gasteiger partial charge in [0.25, 0.3) is 11.5 Å². The molecule has 0 bridgehead atoms. The van der Waals surface area contributed by atoms with Crippen LogP contribution in [-0.4, -0.2) is 15.9 Å². The molecule has 98 valence electrons. The first kappa shape index (κ1) is 13.5. The number of aromatic amines is 1. The Morgan fingerprint density at radius 1 is 1.37 bits per heavy atom. The van der Waals surface area contributed by atoms with Crippen molar-refractivity contribution in [3.63, 3.8) is 0 Å². The second-order valence-electron chi connectivity index (χ2n) is 4.08. The summed E-state index contributed by atoms with van der Waals surface area (Å²) in [5.41, 5.74) is 0.621. The number of nitrogens with zero attached hydrogens (tertiary/aromatic N) is 1. The Morgan fingerprint density at radius 3 is 2.74 bits per heavy atom. The van der Waals surface area contributed by atoms with Crippen molar-refractivity contribution in [3.05, 3.63) is 56.2 Å². The highest BCUT2D eigenvalue weighted by molar-refractivity contribution is 9.10. The van der Waals surface area contributed by atoms with E-state index in [4.69, 9.17) is 0 Å². The molecule has 1 amide bonds. The first-order valence-electron chi connectivity index (χ1n) is 5.62. The Hall–Kier alpha value is -1.95. The summed E-state index contributed by atoms with van der Waals surface area (Å²) in [5.74, 6) is 0.0193. The van der Waals surface area contributed by atoms with Gasteiger partial charge in [-0.25, -0.2) is 4.98 Å². The quantitative estimate of drug-likeness (QED) is 0.891. The molecule has 1 heterocycles. The number of amides is 1. The summed E-state index contributed by atoms with van der Waals surface area (Å²) in [6, 6.07) is 7.14. The zero-order valence-electron chi connectivity index (χ0n) is 10.5. The molecule has 0 aliphatic heterocycles. The highest BCUT2D eigenvalue weighted by Crippen LogP contribution is 2.16. The van der Waals surface area contributed by atoms with Gasteiger partial charge in [-0.2, -0.15) is 0 Å². The van der Waals surface area contributed by atoms with E-state index >= 15 is 0 Å². The summed E-state index contributed by atoms with van der Waals surface area (Å²) in [5, 5.41) is 2.67. The molecule has 0 saturated heterocycles. The zero-order valence-corrected chi connectivity index (χ0v) is 12.0. The number of anilines is 1. The molecule has 1 aromatic heterocycles. The van der Waals surface area contributed by atoms with Crippen molar-refractivity contribution in [2.45, 2.75) is 13.8 Å². The van der Waals surface area contributed by atoms with Crippen molar-refractivity contribution < 1.29 is 4.79 Å². The summed E-state index contributed by atoms with van der Waals surface area (Å²) in [6.07, 6.45) is 0. The van der Waals surface area contributed by atoms with Gasteiger partial charge in [-0.05, 0) is 32.0 Å². The number of benzene rings is 1. The minimum atomic E-state index is -0.468. The van der Waals surface area contributed by atoms with Gasteiger partial charge in [0, 0.05) is 10.2 Å². The first-order chi connectivity index (χ1) is 8.97. The number of hydrogen-bond donors (Lipinski definition) is 2. The summed E-state index contributed by atoms with van der Waals surface area (Å²) in [4.78, 5) is 30.5. The van der Waals surface area contributed by atoms with E-state index < -0.39 is 11.5 Å². The predicted octanol–water partition coefficient (Wildman–Crippen LogP) is 2.40. The van der Waals surface area contributed by atoms with Crippen molar-refractivity contribution >= 4 is 27.5 Å². The fourth-order valence-corrected chi connectivity index (χ4v) is 2.15. The maximum Gasteiger partial charge on any atom is 0.264 e. The van der Waals surface area contributed by atoms with E-state index in [0.29, 0.717) is 17.2 Å². The molecule has 1 aromatic carbocycles. The Morgan fingerprint density at radius 2 is 2.11 bits per heavy atom. The number of carbonyl (C=O) groups is 1. The summed E-state index contributed by atoms with van der Waals surface area (Å²) >= 11 is 3.32. The molecule has 2 rings (SSSR count). The Balaban J connectivity index is 2.33. The van der Waals surface area contributed by atoms with Crippen LogP contribution in [0.5, 0.6) is 0 Å². The lowest BCUT2D eigenvalue weighted by Gasteiger charge is -2.07. The fourth-order valence-electron chi connectivity index (χ4n) is 1.75. The van der Waals surface area contributed by atoms with E-state index in [0.717, 1.165) is 4.47 Å². The molecule has 6 heteroatoms. The van der Waals surface area contributed by atoms with Gasteiger partial charge in [-0.1, -0.05) is 22.0 Å². The molecular weight excluding hydrogens is 310 g/mol. The van der Waals surface area contributed by atoms with Crippen LogP contribution in [0.25, 0.3) is 0 Å². The normalized spacial score (nSPS) is 10.3. The zero-order chi connectivity index (χ0) is 14.0. The van der Waals surface area contributed by atoms with Crippen LogP contribution < -0.4 is 10.9 Å². The lowest BCUT2D eigenvalue weighted by molar-refractivity contribution is 0.102. The third-order valence-corrected chi connectivity index (χ3v) is 3.02. The molecule has 19 heavy (non-hydrogen) atoms. The minimum Gasteiger partial charge on any atom is -0.322 e. The highest BCUT2D eigenvalue weighted by Gasteiger charge is 2.15. The van der Waals surface area contributed by atoms with Crippen LogP contribution in [-0.2, 0) is 0 Å². The van der Waals surface area contributed by atoms with Crippen LogP contribution in [0.1, 0.15) is 21.9 Å². The van der Waals surface area contributed by atoms with Crippen molar-refractivity contribution in [1.29, 1.82) is 0 Å². The number of aromatic nitrogens is 2. The van der Waals surface area contributed by atoms with Crippen LogP contribution in [0.15, 0.2) is 33.5 Å².